The van der Waals surface area contributed by atoms with Gasteiger partial charge in [-0.3, -0.25) is 0 Å². The standard InChI is InChI=1S/C18H20F2N4O2/c1-11(2)8-13-16(9-12(3)22-23-13)25-15-7-5-4-6-14(15)24-10-21-18(26-24)17(19)20/h4-7,9,11,17H,8,10H2,1-3H3. The van der Waals surface area contributed by atoms with Crippen LogP contribution >= 0.6 is 0 Å². The molecule has 1 aliphatic rings. The number of hydrogen-bond donors (Lipinski definition) is 0. The smallest absolute Gasteiger partial charge is 0.315 e. The molecule has 0 spiro atoms. The fourth-order valence-electron chi connectivity index (χ4n) is 2.51. The number of nitrogens with zero attached hydrogens (tertiary/aromatic N) is 4. The van der Waals surface area contributed by atoms with E-state index >= 15 is 0 Å². The van der Waals surface area contributed by atoms with Crippen LogP contribution in [0.4, 0.5) is 14.5 Å². The zero-order valence-corrected chi connectivity index (χ0v) is 14.8. The molecule has 0 amide bonds. The van der Waals surface area contributed by atoms with Gasteiger partial charge in [-0.2, -0.15) is 24.0 Å². The van der Waals surface area contributed by atoms with Gasteiger partial charge >= 0.3 is 6.43 Å². The first-order valence-electron chi connectivity index (χ1n) is 8.32. The number of aryl methyl sites for hydroxylation is 1. The number of benzene rings is 1. The van der Waals surface area contributed by atoms with E-state index in [4.69, 9.17) is 9.57 Å². The van der Waals surface area contributed by atoms with Crippen molar-refractivity contribution in [2.45, 2.75) is 33.6 Å². The number of alkyl halides is 2. The van der Waals surface area contributed by atoms with Crippen LogP contribution in [0, 0.1) is 12.8 Å². The maximum Gasteiger partial charge on any atom is 0.315 e. The summed E-state index contributed by atoms with van der Waals surface area (Å²) in [6.45, 7) is 5.98. The first-order chi connectivity index (χ1) is 12.4. The first-order valence-corrected chi connectivity index (χ1v) is 8.32. The summed E-state index contributed by atoms with van der Waals surface area (Å²) in [5.74, 6) is 0.846. The number of halogens is 2. The van der Waals surface area contributed by atoms with Crippen LogP contribution in [0.1, 0.15) is 25.2 Å². The van der Waals surface area contributed by atoms with Crippen molar-refractivity contribution in [3.63, 3.8) is 0 Å². The topological polar surface area (TPSA) is 59.8 Å². The molecule has 8 heteroatoms. The lowest BCUT2D eigenvalue weighted by molar-refractivity contribution is 0.171. The van der Waals surface area contributed by atoms with E-state index in [2.05, 4.69) is 29.0 Å². The first kappa shape index (κ1) is 18.0. The minimum absolute atomic E-state index is 0.0213. The van der Waals surface area contributed by atoms with Gasteiger partial charge in [-0.1, -0.05) is 26.0 Å². The molecule has 0 saturated heterocycles. The van der Waals surface area contributed by atoms with Crippen molar-refractivity contribution in [2.75, 3.05) is 11.7 Å². The Kier molecular flexibility index (Phi) is 5.29. The Morgan fingerprint density at radius 1 is 1.19 bits per heavy atom. The van der Waals surface area contributed by atoms with E-state index in [-0.39, 0.29) is 6.67 Å². The SMILES string of the molecule is Cc1cc(Oc2ccccc2N2CN=C(C(F)F)O2)c(CC(C)C)nn1. The summed E-state index contributed by atoms with van der Waals surface area (Å²) in [6, 6.07) is 8.86. The lowest BCUT2D eigenvalue weighted by Gasteiger charge is -2.20. The minimum atomic E-state index is -2.75. The van der Waals surface area contributed by atoms with E-state index in [9.17, 15) is 8.78 Å². The molecule has 1 aromatic carbocycles. The molecule has 2 aromatic rings. The van der Waals surface area contributed by atoms with E-state index in [1.54, 1.807) is 24.3 Å². The van der Waals surface area contributed by atoms with E-state index in [1.807, 2.05) is 13.0 Å². The van der Waals surface area contributed by atoms with Crippen molar-refractivity contribution in [1.82, 2.24) is 10.2 Å². The lowest BCUT2D eigenvalue weighted by atomic mass is 10.1. The summed E-state index contributed by atoms with van der Waals surface area (Å²) >= 11 is 0. The monoisotopic (exact) mass is 362 g/mol. The summed E-state index contributed by atoms with van der Waals surface area (Å²) in [7, 11) is 0. The van der Waals surface area contributed by atoms with Crippen molar-refractivity contribution in [3.8, 4) is 11.5 Å². The van der Waals surface area contributed by atoms with Crippen LogP contribution < -0.4 is 9.80 Å². The maximum atomic E-state index is 12.8. The summed E-state index contributed by atoms with van der Waals surface area (Å²) in [5.41, 5.74) is 1.98. The zero-order chi connectivity index (χ0) is 18.7. The molecule has 0 fully saturated rings. The second-order valence-corrected chi connectivity index (χ2v) is 6.37. The van der Waals surface area contributed by atoms with Crippen molar-refractivity contribution in [2.24, 2.45) is 10.9 Å². The van der Waals surface area contributed by atoms with Gasteiger partial charge < -0.3 is 9.57 Å². The molecule has 3 rings (SSSR count). The minimum Gasteiger partial charge on any atom is -0.453 e. The van der Waals surface area contributed by atoms with Crippen molar-refractivity contribution in [1.29, 1.82) is 0 Å². The molecule has 1 aromatic heterocycles. The second-order valence-electron chi connectivity index (χ2n) is 6.37. The molecule has 0 aliphatic carbocycles. The molecule has 1 aliphatic heterocycles. The summed E-state index contributed by atoms with van der Waals surface area (Å²) < 4.78 is 31.6. The molecule has 0 bridgehead atoms. The molecule has 26 heavy (non-hydrogen) atoms. The quantitative estimate of drug-likeness (QED) is 0.773. The fourth-order valence-corrected chi connectivity index (χ4v) is 2.51. The molecule has 6 nitrogen and oxygen atoms in total. The molecular formula is C18H20F2N4O2. The predicted molar refractivity (Wildman–Crippen MR) is 93.7 cm³/mol. The normalized spacial score (nSPS) is 14.0. The molecule has 0 saturated carbocycles. The van der Waals surface area contributed by atoms with Gasteiger partial charge in [0, 0.05) is 6.07 Å². The van der Waals surface area contributed by atoms with E-state index in [0.29, 0.717) is 29.5 Å². The Balaban J connectivity index is 1.87. The van der Waals surface area contributed by atoms with Gasteiger partial charge in [0.2, 0.25) is 0 Å². The van der Waals surface area contributed by atoms with Crippen LogP contribution in [-0.2, 0) is 11.3 Å². The molecule has 0 unspecified atom stereocenters. The Morgan fingerprint density at radius 3 is 2.65 bits per heavy atom. The average Bonchev–Trinajstić information content (AvgIpc) is 3.08. The van der Waals surface area contributed by atoms with Gasteiger partial charge in [-0.05, 0) is 31.4 Å². The number of hydrogen-bond acceptors (Lipinski definition) is 6. The molecule has 0 N–H and O–H groups in total. The number of rotatable bonds is 6. The number of aromatic nitrogens is 2. The maximum absolute atomic E-state index is 12.8. The van der Waals surface area contributed by atoms with Crippen LogP contribution in [0.2, 0.25) is 0 Å². The molecule has 138 valence electrons. The molecule has 0 atom stereocenters. The van der Waals surface area contributed by atoms with E-state index in [0.717, 1.165) is 11.4 Å². The summed E-state index contributed by atoms with van der Waals surface area (Å²) in [6.07, 6.45) is -2.04. The van der Waals surface area contributed by atoms with Crippen molar-refractivity contribution < 1.29 is 18.4 Å². The van der Waals surface area contributed by atoms with Gasteiger partial charge in [0.25, 0.3) is 5.90 Å². The highest BCUT2D eigenvalue weighted by Crippen LogP contribution is 2.35. The van der Waals surface area contributed by atoms with Gasteiger partial charge in [0.15, 0.2) is 11.5 Å². The third-order valence-electron chi connectivity index (χ3n) is 3.65. The largest absolute Gasteiger partial charge is 0.453 e. The van der Waals surface area contributed by atoms with Crippen LogP contribution in [0.25, 0.3) is 0 Å². The highest BCUT2D eigenvalue weighted by Gasteiger charge is 2.27. The van der Waals surface area contributed by atoms with Crippen LogP contribution in [-0.4, -0.2) is 29.2 Å². The molecule has 2 heterocycles. The van der Waals surface area contributed by atoms with E-state index < -0.39 is 12.3 Å². The number of anilines is 1. The Hall–Kier alpha value is -2.77. The van der Waals surface area contributed by atoms with Crippen LogP contribution in [0.3, 0.4) is 0 Å². The Labute approximate surface area is 150 Å². The third-order valence-corrected chi connectivity index (χ3v) is 3.65. The Bertz CT molecular complexity index is 812. The van der Waals surface area contributed by atoms with Gasteiger partial charge in [0.1, 0.15) is 18.1 Å². The van der Waals surface area contributed by atoms with Crippen molar-refractivity contribution >= 4 is 11.6 Å². The number of ether oxygens (including phenoxy) is 1. The lowest BCUT2D eigenvalue weighted by Crippen LogP contribution is -2.23. The van der Waals surface area contributed by atoms with Gasteiger partial charge in [0.05, 0.1) is 5.69 Å². The Morgan fingerprint density at radius 2 is 1.96 bits per heavy atom. The van der Waals surface area contributed by atoms with Crippen molar-refractivity contribution in [3.05, 3.63) is 41.7 Å². The number of para-hydroxylation sites is 2. The highest BCUT2D eigenvalue weighted by atomic mass is 19.3. The van der Waals surface area contributed by atoms with E-state index in [1.165, 1.54) is 5.06 Å². The number of hydroxylamine groups is 1. The van der Waals surface area contributed by atoms with Gasteiger partial charge in [-0.25, -0.2) is 4.99 Å². The molecule has 0 radical (unpaired) electrons. The van der Waals surface area contributed by atoms with Gasteiger partial charge in [-0.15, -0.1) is 0 Å². The highest BCUT2D eigenvalue weighted by molar-refractivity contribution is 5.82. The molecular weight excluding hydrogens is 342 g/mol. The van der Waals surface area contributed by atoms with Crippen LogP contribution in [0.5, 0.6) is 11.5 Å². The second kappa shape index (κ2) is 7.63. The average molecular weight is 362 g/mol. The van der Waals surface area contributed by atoms with Crippen LogP contribution in [0.15, 0.2) is 35.3 Å². The predicted octanol–water partition coefficient (Wildman–Crippen LogP) is 4.15. The summed E-state index contributed by atoms with van der Waals surface area (Å²) in [4.78, 5) is 8.84. The zero-order valence-electron chi connectivity index (χ0n) is 14.8. The fraction of sp³-hybridized carbons (Fsp3) is 0.389. The number of aliphatic imine (C=N–C) groups is 1. The third kappa shape index (κ3) is 4.07. The summed E-state index contributed by atoms with van der Waals surface area (Å²) in [5, 5.41) is 9.61.